The van der Waals surface area contributed by atoms with Crippen LogP contribution in [0.15, 0.2) is 0 Å². The van der Waals surface area contributed by atoms with E-state index < -0.39 is 12.1 Å². The third-order valence-corrected chi connectivity index (χ3v) is 4.58. The number of unbranched alkanes of at least 4 members (excludes halogenated alkanes) is 9. The number of carbonyl (C=O) groups is 1. The van der Waals surface area contributed by atoms with Crippen molar-refractivity contribution in [1.29, 1.82) is 0 Å². The number of aliphatic hydroxyl groups is 2. The zero-order valence-corrected chi connectivity index (χ0v) is 16.1. The minimum absolute atomic E-state index is 0.0847. The largest absolute Gasteiger partial charge is 0.479 e. The third kappa shape index (κ3) is 16.6. The van der Waals surface area contributed by atoms with E-state index in [1.54, 1.807) is 0 Å². The summed E-state index contributed by atoms with van der Waals surface area (Å²) in [6.45, 7) is 2.14. The molecule has 0 saturated heterocycles. The summed E-state index contributed by atoms with van der Waals surface area (Å²) in [4.78, 5) is 11.0. The molecule has 0 aliphatic rings. The lowest BCUT2D eigenvalue weighted by molar-refractivity contribution is -0.151. The number of hydrogen-bond acceptors (Lipinski definition) is 4. The number of aliphatic hydroxyl groups excluding tert-OH is 2. The SMILES string of the molecule is CCCCCCC(O)CCCCCCCCCC(OCCO)C(=O)O. The molecule has 0 rings (SSSR count). The van der Waals surface area contributed by atoms with Gasteiger partial charge in [-0.2, -0.15) is 0 Å². The number of aliphatic carboxylic acids is 1. The van der Waals surface area contributed by atoms with Gasteiger partial charge in [-0.05, 0) is 19.3 Å². The monoisotopic (exact) mass is 360 g/mol. The molecule has 3 N–H and O–H groups in total. The van der Waals surface area contributed by atoms with Gasteiger partial charge in [0.25, 0.3) is 0 Å². The second-order valence-corrected chi connectivity index (χ2v) is 6.98. The molecule has 0 aromatic carbocycles. The summed E-state index contributed by atoms with van der Waals surface area (Å²) in [5.41, 5.74) is 0. The van der Waals surface area contributed by atoms with Gasteiger partial charge >= 0.3 is 5.97 Å². The highest BCUT2D eigenvalue weighted by Crippen LogP contribution is 2.14. The molecule has 0 bridgehead atoms. The maximum absolute atomic E-state index is 11.0. The van der Waals surface area contributed by atoms with Gasteiger partial charge in [-0.3, -0.25) is 0 Å². The topological polar surface area (TPSA) is 87.0 Å². The highest BCUT2D eigenvalue weighted by Gasteiger charge is 2.16. The summed E-state index contributed by atoms with van der Waals surface area (Å²) in [6.07, 6.45) is 14.0. The van der Waals surface area contributed by atoms with Crippen molar-refractivity contribution < 1.29 is 24.9 Å². The van der Waals surface area contributed by atoms with Crippen LogP contribution in [0.4, 0.5) is 0 Å². The molecule has 0 aliphatic heterocycles. The fourth-order valence-electron chi connectivity index (χ4n) is 3.02. The molecule has 0 fully saturated rings. The molecule has 0 amide bonds. The van der Waals surface area contributed by atoms with Gasteiger partial charge in [-0.1, -0.05) is 77.6 Å². The third-order valence-electron chi connectivity index (χ3n) is 4.58. The van der Waals surface area contributed by atoms with Crippen LogP contribution < -0.4 is 0 Å². The number of carboxylic acids is 1. The molecular weight excluding hydrogens is 320 g/mol. The van der Waals surface area contributed by atoms with Gasteiger partial charge in [0.15, 0.2) is 6.10 Å². The second-order valence-electron chi connectivity index (χ2n) is 6.98. The lowest BCUT2D eigenvalue weighted by Gasteiger charge is -2.12. The van der Waals surface area contributed by atoms with E-state index in [9.17, 15) is 9.90 Å². The predicted octanol–water partition coefficient (Wildman–Crippen LogP) is 4.29. The Morgan fingerprint density at radius 1 is 0.840 bits per heavy atom. The van der Waals surface area contributed by atoms with Gasteiger partial charge in [-0.25, -0.2) is 4.79 Å². The zero-order valence-electron chi connectivity index (χ0n) is 16.1. The Balaban J connectivity index is 3.38. The molecule has 0 aromatic heterocycles. The van der Waals surface area contributed by atoms with Crippen LogP contribution in [0.3, 0.4) is 0 Å². The highest BCUT2D eigenvalue weighted by molar-refractivity contribution is 5.72. The molecule has 0 saturated carbocycles. The molecule has 5 heteroatoms. The molecule has 0 aliphatic carbocycles. The van der Waals surface area contributed by atoms with Gasteiger partial charge < -0.3 is 20.1 Å². The van der Waals surface area contributed by atoms with Crippen molar-refractivity contribution in [2.45, 2.75) is 109 Å². The molecule has 150 valence electrons. The molecule has 2 unspecified atom stereocenters. The van der Waals surface area contributed by atoms with E-state index in [-0.39, 0.29) is 19.3 Å². The first-order valence-electron chi connectivity index (χ1n) is 10.2. The van der Waals surface area contributed by atoms with Crippen LogP contribution in [0, 0.1) is 0 Å². The predicted molar refractivity (Wildman–Crippen MR) is 101 cm³/mol. The van der Waals surface area contributed by atoms with Gasteiger partial charge in [0.1, 0.15) is 0 Å². The van der Waals surface area contributed by atoms with E-state index in [1.807, 2.05) is 0 Å². The van der Waals surface area contributed by atoms with Crippen molar-refractivity contribution in [3.63, 3.8) is 0 Å². The number of carboxylic acid groups (broad SMARTS) is 1. The molecule has 2 atom stereocenters. The van der Waals surface area contributed by atoms with Crippen molar-refractivity contribution in [2.75, 3.05) is 13.2 Å². The number of hydrogen-bond donors (Lipinski definition) is 3. The number of rotatable bonds is 19. The molecule has 25 heavy (non-hydrogen) atoms. The molecular formula is C20H40O5. The number of ether oxygens (including phenoxy) is 1. The van der Waals surface area contributed by atoms with Crippen LogP contribution >= 0.6 is 0 Å². The summed E-state index contributed by atoms with van der Waals surface area (Å²) < 4.78 is 5.10. The van der Waals surface area contributed by atoms with Crippen molar-refractivity contribution in [3.8, 4) is 0 Å². The summed E-state index contributed by atoms with van der Waals surface area (Å²) >= 11 is 0. The Labute approximate surface area is 153 Å². The summed E-state index contributed by atoms with van der Waals surface area (Å²) in [5, 5.41) is 27.6. The van der Waals surface area contributed by atoms with E-state index in [2.05, 4.69) is 6.92 Å². The van der Waals surface area contributed by atoms with Crippen molar-refractivity contribution >= 4 is 5.97 Å². The maximum atomic E-state index is 11.0. The molecule has 0 heterocycles. The molecule has 0 aromatic rings. The Hall–Kier alpha value is -0.650. The average Bonchev–Trinajstić information content (AvgIpc) is 2.59. The van der Waals surface area contributed by atoms with Crippen molar-refractivity contribution in [3.05, 3.63) is 0 Å². The average molecular weight is 361 g/mol. The van der Waals surface area contributed by atoms with Crippen molar-refractivity contribution in [2.24, 2.45) is 0 Å². The van der Waals surface area contributed by atoms with Gasteiger partial charge in [0.2, 0.25) is 0 Å². The highest BCUT2D eigenvalue weighted by atomic mass is 16.5. The standard InChI is InChI=1S/C20H40O5/c1-2-3-4-10-13-18(22)14-11-8-6-5-7-9-12-15-19(20(23)24)25-17-16-21/h18-19,21-22H,2-17H2,1H3,(H,23,24). The Bertz CT molecular complexity index is 296. The van der Waals surface area contributed by atoms with Gasteiger partial charge in [0, 0.05) is 0 Å². The van der Waals surface area contributed by atoms with E-state index in [0.717, 1.165) is 44.9 Å². The van der Waals surface area contributed by atoms with Gasteiger partial charge in [0.05, 0.1) is 19.3 Å². The minimum atomic E-state index is -0.943. The zero-order chi connectivity index (χ0) is 18.8. The lowest BCUT2D eigenvalue weighted by Crippen LogP contribution is -2.25. The van der Waals surface area contributed by atoms with Crippen LogP contribution in [0.25, 0.3) is 0 Å². The molecule has 0 spiro atoms. The second kappa shape index (κ2) is 18.2. The van der Waals surface area contributed by atoms with Crippen LogP contribution in [0.2, 0.25) is 0 Å². The van der Waals surface area contributed by atoms with Crippen LogP contribution in [0.5, 0.6) is 0 Å². The summed E-state index contributed by atoms with van der Waals surface area (Å²) in [6, 6.07) is 0. The quantitative estimate of drug-likeness (QED) is 0.299. The molecule has 0 radical (unpaired) electrons. The van der Waals surface area contributed by atoms with E-state index in [1.165, 1.54) is 38.5 Å². The Morgan fingerprint density at radius 3 is 1.80 bits per heavy atom. The first kappa shape index (κ1) is 24.4. The summed E-state index contributed by atoms with van der Waals surface area (Å²) in [5.74, 6) is -0.943. The Kier molecular flexibility index (Phi) is 17.7. The van der Waals surface area contributed by atoms with Crippen molar-refractivity contribution in [1.82, 2.24) is 0 Å². The molecule has 5 nitrogen and oxygen atoms in total. The summed E-state index contributed by atoms with van der Waals surface area (Å²) in [7, 11) is 0. The normalized spacial score (nSPS) is 13.7. The first-order chi connectivity index (χ1) is 12.1. The van der Waals surface area contributed by atoms with Crippen LogP contribution in [0.1, 0.15) is 96.8 Å². The fraction of sp³-hybridized carbons (Fsp3) is 0.950. The van der Waals surface area contributed by atoms with E-state index >= 15 is 0 Å². The first-order valence-corrected chi connectivity index (χ1v) is 10.2. The van der Waals surface area contributed by atoms with Gasteiger partial charge in [-0.15, -0.1) is 0 Å². The maximum Gasteiger partial charge on any atom is 0.332 e. The van der Waals surface area contributed by atoms with Crippen LogP contribution in [-0.2, 0) is 9.53 Å². The lowest BCUT2D eigenvalue weighted by atomic mass is 10.0. The van der Waals surface area contributed by atoms with Crippen LogP contribution in [-0.4, -0.2) is 46.7 Å². The van der Waals surface area contributed by atoms with E-state index in [4.69, 9.17) is 14.9 Å². The fourth-order valence-corrected chi connectivity index (χ4v) is 3.02. The van der Waals surface area contributed by atoms with E-state index in [0.29, 0.717) is 6.42 Å². The Morgan fingerprint density at radius 2 is 1.32 bits per heavy atom. The minimum Gasteiger partial charge on any atom is -0.479 e. The smallest absolute Gasteiger partial charge is 0.332 e.